The van der Waals surface area contributed by atoms with Crippen molar-refractivity contribution < 1.29 is 0 Å². The van der Waals surface area contributed by atoms with Gasteiger partial charge in [-0.05, 0) is 0 Å². The molecule has 4 rings (SSSR count). The maximum absolute atomic E-state index is 2.95. The normalized spacial score (nSPS) is 21.4. The van der Waals surface area contributed by atoms with Crippen LogP contribution in [0.15, 0.2) is 41.3 Å². The number of rotatable bonds is 10. The standard InChI is InChI=1S/C36H66GeS3Si6/c1-41(2,3)34(42(4,5)6)28-25-30(35(43(7,8)9)44(10,11)12)32(31(26-28)36(45(13,14)15)46(16,17)18)37-24-23-27-21-19-20-22-29(27)33(37)38-40-39-37/h19-26,33-36H,1-18H3. The Morgan fingerprint density at radius 2 is 0.978 bits per heavy atom. The average Bonchev–Trinajstić information content (AvgIpc) is 3.23. The van der Waals surface area contributed by atoms with Crippen molar-refractivity contribution in [3.63, 3.8) is 0 Å². The predicted octanol–water partition coefficient (Wildman–Crippen LogP) is 13.2. The van der Waals surface area contributed by atoms with E-state index >= 15 is 0 Å². The number of hydrogen-bond donors (Lipinski definition) is 0. The van der Waals surface area contributed by atoms with E-state index in [1.807, 2.05) is 15.5 Å². The Kier molecular flexibility index (Phi) is 11.5. The quantitative estimate of drug-likeness (QED) is 0.173. The van der Waals surface area contributed by atoms with Crippen molar-refractivity contribution in [2.75, 3.05) is 0 Å². The van der Waals surface area contributed by atoms with Crippen molar-refractivity contribution in [3.05, 3.63) is 69.1 Å². The Labute approximate surface area is 304 Å². The molecule has 0 nitrogen and oxygen atoms in total. The van der Waals surface area contributed by atoms with E-state index in [0.717, 1.165) is 15.5 Å². The van der Waals surface area contributed by atoms with Gasteiger partial charge in [-0.1, -0.05) is 0 Å². The first-order valence-corrected chi connectivity index (χ1v) is 48.6. The molecule has 0 aliphatic carbocycles. The minimum absolute atomic E-state index is 0.622. The minimum atomic E-state index is -2.93. The van der Waals surface area contributed by atoms with Crippen LogP contribution in [0.2, 0.25) is 118 Å². The van der Waals surface area contributed by atoms with Gasteiger partial charge in [0.1, 0.15) is 0 Å². The summed E-state index contributed by atoms with van der Waals surface area (Å²) in [6.45, 7) is 48.7. The molecule has 1 fully saturated rings. The van der Waals surface area contributed by atoms with Crippen LogP contribution in [0, 0.1) is 0 Å². The van der Waals surface area contributed by atoms with E-state index in [9.17, 15) is 0 Å². The first kappa shape index (κ1) is 39.9. The summed E-state index contributed by atoms with van der Waals surface area (Å²) in [5.41, 5.74) is 8.65. The third-order valence-corrected chi connectivity index (χ3v) is 65.3. The summed E-state index contributed by atoms with van der Waals surface area (Å²) in [6, 6.07) is 15.3. The van der Waals surface area contributed by atoms with Gasteiger partial charge in [-0.25, -0.2) is 0 Å². The molecule has 0 amide bonds. The van der Waals surface area contributed by atoms with Crippen molar-refractivity contribution >= 4 is 101 Å². The van der Waals surface area contributed by atoms with Gasteiger partial charge < -0.3 is 0 Å². The molecular weight excluding hydrogens is 770 g/mol. The molecule has 2 aromatic rings. The van der Waals surface area contributed by atoms with Crippen LogP contribution in [0.25, 0.3) is 6.08 Å². The van der Waals surface area contributed by atoms with Crippen LogP contribution in [0.4, 0.5) is 0 Å². The van der Waals surface area contributed by atoms with E-state index in [-0.39, 0.29) is 0 Å². The van der Waals surface area contributed by atoms with Gasteiger partial charge in [0, 0.05) is 0 Å². The van der Waals surface area contributed by atoms with Crippen molar-refractivity contribution in [2.45, 2.75) is 137 Å². The predicted molar refractivity (Wildman–Crippen MR) is 241 cm³/mol. The molecule has 0 radical (unpaired) electrons. The van der Waals surface area contributed by atoms with Gasteiger partial charge in [0.05, 0.1) is 0 Å². The Bertz CT molecular complexity index is 1370. The zero-order valence-electron chi connectivity index (χ0n) is 32.7. The first-order chi connectivity index (χ1) is 20.6. The van der Waals surface area contributed by atoms with Gasteiger partial charge in [0.25, 0.3) is 0 Å². The molecule has 2 atom stereocenters. The molecule has 46 heavy (non-hydrogen) atoms. The van der Waals surface area contributed by atoms with Crippen LogP contribution in [0.5, 0.6) is 0 Å². The van der Waals surface area contributed by atoms with Crippen LogP contribution in [-0.2, 0) is 0 Å². The number of benzene rings is 2. The second-order valence-corrected chi connectivity index (χ2v) is 72.0. The molecule has 10 heteroatoms. The second kappa shape index (κ2) is 13.2. The summed E-state index contributed by atoms with van der Waals surface area (Å²) < 4.78 is 2.59. The number of fused-ring (bicyclic) bond motifs is 3. The van der Waals surface area contributed by atoms with Gasteiger partial charge >= 0.3 is 307 Å². The Balaban J connectivity index is 2.32. The van der Waals surface area contributed by atoms with Gasteiger partial charge in [-0.2, -0.15) is 0 Å². The molecule has 2 heterocycles. The Morgan fingerprint density at radius 3 is 1.39 bits per heavy atom. The van der Waals surface area contributed by atoms with Crippen LogP contribution >= 0.6 is 29.7 Å². The fraction of sp³-hybridized carbons (Fsp3) is 0.611. The summed E-state index contributed by atoms with van der Waals surface area (Å²) in [4.78, 5) is 2.89. The van der Waals surface area contributed by atoms with E-state index in [1.54, 1.807) is 11.1 Å². The molecule has 2 unspecified atom stereocenters. The van der Waals surface area contributed by atoms with E-state index in [1.165, 1.54) is 5.56 Å². The molecule has 0 aromatic heterocycles. The fourth-order valence-corrected chi connectivity index (χ4v) is 86.2. The molecule has 0 bridgehead atoms. The van der Waals surface area contributed by atoms with Crippen molar-refractivity contribution in [1.29, 1.82) is 0 Å². The monoisotopic (exact) mass is 836 g/mol. The molecule has 256 valence electrons. The zero-order chi connectivity index (χ0) is 35.1. The van der Waals surface area contributed by atoms with E-state index in [0.29, 0.717) is 4.08 Å². The molecule has 2 aliphatic rings. The van der Waals surface area contributed by atoms with Crippen LogP contribution < -0.4 is 4.40 Å². The third-order valence-electron chi connectivity index (χ3n) is 10.2. The van der Waals surface area contributed by atoms with Crippen molar-refractivity contribution in [2.24, 2.45) is 0 Å². The maximum atomic E-state index is 2.95. The van der Waals surface area contributed by atoms with E-state index in [4.69, 9.17) is 0 Å². The van der Waals surface area contributed by atoms with Crippen molar-refractivity contribution in [1.82, 2.24) is 0 Å². The van der Waals surface area contributed by atoms with E-state index in [2.05, 4.69) is 195 Å². The first-order valence-electron chi connectivity index (χ1n) is 17.6. The summed E-state index contributed by atoms with van der Waals surface area (Å²) >= 11 is -2.93. The van der Waals surface area contributed by atoms with E-state index < -0.39 is 60.6 Å². The van der Waals surface area contributed by atoms with Gasteiger partial charge in [-0.3, -0.25) is 0 Å². The summed E-state index contributed by atoms with van der Waals surface area (Å²) in [6.07, 6.45) is 2.59. The molecule has 1 saturated heterocycles. The van der Waals surface area contributed by atoms with Crippen LogP contribution in [-0.4, -0.2) is 60.6 Å². The van der Waals surface area contributed by atoms with Gasteiger partial charge in [-0.15, -0.1) is 0 Å². The fourth-order valence-electron chi connectivity index (χ4n) is 10.5. The third kappa shape index (κ3) is 7.93. The van der Waals surface area contributed by atoms with Gasteiger partial charge in [0.15, 0.2) is 0 Å². The number of hydrogen-bond acceptors (Lipinski definition) is 3. The van der Waals surface area contributed by atoms with Gasteiger partial charge in [0.2, 0.25) is 0 Å². The summed E-state index contributed by atoms with van der Waals surface area (Å²) in [7, 11) is -2.59. The molecular formula is C36H66GeS3Si6. The molecule has 2 aliphatic heterocycles. The SMILES string of the molecule is C[Si](C)(C)C(c1cc(C([Si](C)(C)C)[Si](C)(C)C)[c]([Ge]23[CH]=Cc4ccccc4[CH]2SS[S]3)c(C([Si](C)(C)C)[Si](C)(C)C)c1)[Si](C)(C)C. The summed E-state index contributed by atoms with van der Waals surface area (Å²) in [5, 5.41) is 2.27. The van der Waals surface area contributed by atoms with Crippen LogP contribution in [0.3, 0.4) is 0 Å². The topological polar surface area (TPSA) is 0 Å². The average molecular weight is 836 g/mol. The zero-order valence-corrected chi connectivity index (χ0v) is 43.2. The molecule has 0 spiro atoms. The Morgan fingerprint density at radius 1 is 0.565 bits per heavy atom. The molecule has 0 saturated carbocycles. The second-order valence-electron chi connectivity index (χ2n) is 21.0. The summed E-state index contributed by atoms with van der Waals surface area (Å²) in [5.74, 6) is 0. The van der Waals surface area contributed by atoms with Crippen molar-refractivity contribution in [3.8, 4) is 0 Å². The Hall–Kier alpha value is 1.07. The van der Waals surface area contributed by atoms with Crippen LogP contribution in [0.1, 0.15) is 47.4 Å². The molecule has 2 aromatic carbocycles. The molecule has 0 N–H and O–H groups in total.